The Morgan fingerprint density at radius 2 is 2.05 bits per heavy atom. The number of aryl methyl sites for hydroxylation is 2. The van der Waals surface area contributed by atoms with Gasteiger partial charge in [-0.1, -0.05) is 0 Å². The van der Waals surface area contributed by atoms with Crippen LogP contribution in [0.3, 0.4) is 0 Å². The van der Waals surface area contributed by atoms with Crippen molar-refractivity contribution in [2.24, 2.45) is 7.05 Å². The first-order valence-electron chi connectivity index (χ1n) is 7.21. The van der Waals surface area contributed by atoms with Gasteiger partial charge in [0.1, 0.15) is 0 Å². The maximum Gasteiger partial charge on any atom is 0.0797 e. The molecule has 1 fully saturated rings. The highest BCUT2D eigenvalue weighted by Gasteiger charge is 2.29. The van der Waals surface area contributed by atoms with E-state index < -0.39 is 0 Å². The number of halogens is 1. The lowest BCUT2D eigenvalue weighted by molar-refractivity contribution is 0.482. The van der Waals surface area contributed by atoms with Crippen LogP contribution in [0.2, 0.25) is 0 Å². The van der Waals surface area contributed by atoms with Gasteiger partial charge in [0.05, 0.1) is 21.9 Å². The normalized spacial score (nSPS) is 16.6. The molecule has 108 valence electrons. The lowest BCUT2D eigenvalue weighted by Gasteiger charge is -2.12. The number of hydrogen-bond acceptors (Lipinski definition) is 2. The molecule has 1 atom stereocenters. The van der Waals surface area contributed by atoms with Crippen molar-refractivity contribution < 1.29 is 0 Å². The minimum Gasteiger partial charge on any atom is -0.272 e. The van der Waals surface area contributed by atoms with Crippen molar-refractivity contribution in [1.82, 2.24) is 19.6 Å². The Labute approximate surface area is 128 Å². The lowest BCUT2D eigenvalue weighted by atomic mass is 10.1. The minimum absolute atomic E-state index is 0.348. The summed E-state index contributed by atoms with van der Waals surface area (Å²) in [5.74, 6) is 0.680. The summed E-state index contributed by atoms with van der Waals surface area (Å²) in [6.45, 7) is 6.45. The van der Waals surface area contributed by atoms with Gasteiger partial charge < -0.3 is 0 Å². The fraction of sp³-hybridized carbons (Fsp3) is 0.600. The number of hydrogen-bond donors (Lipinski definition) is 0. The third-order valence-corrected chi connectivity index (χ3v) is 4.90. The summed E-state index contributed by atoms with van der Waals surface area (Å²) < 4.78 is 5.22. The van der Waals surface area contributed by atoms with Gasteiger partial charge in [-0.15, -0.1) is 0 Å². The summed E-state index contributed by atoms with van der Waals surface area (Å²) in [6.07, 6.45) is 5.67. The maximum absolute atomic E-state index is 4.78. The minimum atomic E-state index is 0.348. The van der Waals surface area contributed by atoms with Crippen molar-refractivity contribution in [3.8, 4) is 0 Å². The van der Waals surface area contributed by atoms with Gasteiger partial charge >= 0.3 is 0 Å². The fourth-order valence-corrected chi connectivity index (χ4v) is 3.36. The van der Waals surface area contributed by atoms with Crippen molar-refractivity contribution >= 4 is 15.9 Å². The van der Waals surface area contributed by atoms with Crippen molar-refractivity contribution in [2.45, 2.75) is 52.0 Å². The summed E-state index contributed by atoms with van der Waals surface area (Å²) in [4.78, 5) is 0. The van der Waals surface area contributed by atoms with Gasteiger partial charge in [-0.3, -0.25) is 9.36 Å². The smallest absolute Gasteiger partial charge is 0.0797 e. The Morgan fingerprint density at radius 3 is 2.60 bits per heavy atom. The van der Waals surface area contributed by atoms with Crippen LogP contribution in [0.4, 0.5) is 0 Å². The van der Waals surface area contributed by atoms with Crippen LogP contribution >= 0.6 is 15.9 Å². The molecular weight excluding hydrogens is 316 g/mol. The van der Waals surface area contributed by atoms with E-state index in [0.29, 0.717) is 12.0 Å². The molecule has 3 rings (SSSR count). The SMILES string of the molecule is Cc1nn(C)c(C)c1CC(C)n1cc(Br)c(C2CC2)n1. The van der Waals surface area contributed by atoms with Gasteiger partial charge in [0.25, 0.3) is 0 Å². The monoisotopic (exact) mass is 336 g/mol. The molecule has 1 saturated carbocycles. The zero-order valence-corrected chi connectivity index (χ0v) is 14.1. The molecule has 0 amide bonds. The highest BCUT2D eigenvalue weighted by atomic mass is 79.9. The van der Waals surface area contributed by atoms with E-state index in [0.717, 1.165) is 16.6 Å². The Hall–Kier alpha value is -1.10. The number of rotatable bonds is 4. The second kappa shape index (κ2) is 5.02. The Bertz CT molecular complexity index is 637. The van der Waals surface area contributed by atoms with Crippen molar-refractivity contribution in [1.29, 1.82) is 0 Å². The van der Waals surface area contributed by atoms with Crippen molar-refractivity contribution in [3.05, 3.63) is 33.3 Å². The topological polar surface area (TPSA) is 35.6 Å². The Kier molecular flexibility index (Phi) is 3.48. The van der Waals surface area contributed by atoms with E-state index in [1.54, 1.807) is 0 Å². The van der Waals surface area contributed by atoms with Crippen LogP contribution in [0, 0.1) is 13.8 Å². The molecule has 2 aromatic rings. The number of aromatic nitrogens is 4. The summed E-state index contributed by atoms with van der Waals surface area (Å²) in [7, 11) is 2.01. The van der Waals surface area contributed by atoms with Crippen molar-refractivity contribution in [3.63, 3.8) is 0 Å². The zero-order valence-electron chi connectivity index (χ0n) is 12.5. The first-order valence-corrected chi connectivity index (χ1v) is 8.00. The van der Waals surface area contributed by atoms with Gasteiger partial charge in [0.15, 0.2) is 0 Å². The van der Waals surface area contributed by atoms with Crippen LogP contribution in [0.15, 0.2) is 10.7 Å². The summed E-state index contributed by atoms with van der Waals surface area (Å²) in [6, 6.07) is 0.348. The van der Waals surface area contributed by atoms with Crippen LogP contribution in [0.25, 0.3) is 0 Å². The van der Waals surface area contributed by atoms with Crippen LogP contribution < -0.4 is 0 Å². The molecule has 0 saturated heterocycles. The largest absolute Gasteiger partial charge is 0.272 e. The van der Waals surface area contributed by atoms with E-state index in [9.17, 15) is 0 Å². The quantitative estimate of drug-likeness (QED) is 0.853. The second-order valence-corrected chi connectivity index (χ2v) is 6.80. The van der Waals surface area contributed by atoms with E-state index in [-0.39, 0.29) is 0 Å². The van der Waals surface area contributed by atoms with E-state index in [4.69, 9.17) is 5.10 Å². The average Bonchev–Trinajstić information content (AvgIpc) is 3.12. The van der Waals surface area contributed by atoms with Crippen LogP contribution in [-0.2, 0) is 13.5 Å². The van der Waals surface area contributed by atoms with Crippen molar-refractivity contribution in [2.75, 3.05) is 0 Å². The Balaban J connectivity index is 1.82. The standard InChI is InChI=1S/C15H21BrN4/c1-9(7-13-10(2)17-19(4)11(13)3)20-8-14(16)15(18-20)12-5-6-12/h8-9,12H,5-7H2,1-4H3. The fourth-order valence-electron chi connectivity index (χ4n) is 2.74. The maximum atomic E-state index is 4.78. The molecule has 0 radical (unpaired) electrons. The molecule has 5 heteroatoms. The molecular formula is C15H21BrN4. The summed E-state index contributed by atoms with van der Waals surface area (Å²) in [5, 5.41) is 9.27. The predicted molar refractivity (Wildman–Crippen MR) is 83.0 cm³/mol. The number of nitrogens with zero attached hydrogens (tertiary/aromatic N) is 4. The molecule has 0 N–H and O–H groups in total. The van der Waals surface area contributed by atoms with Crippen LogP contribution in [-0.4, -0.2) is 19.6 Å². The average molecular weight is 337 g/mol. The van der Waals surface area contributed by atoms with E-state index in [1.807, 2.05) is 11.7 Å². The summed E-state index contributed by atoms with van der Waals surface area (Å²) in [5.41, 5.74) is 4.96. The van der Waals surface area contributed by atoms with Gasteiger partial charge in [-0.05, 0) is 61.5 Å². The van der Waals surface area contributed by atoms with Gasteiger partial charge in [0.2, 0.25) is 0 Å². The summed E-state index contributed by atoms with van der Waals surface area (Å²) >= 11 is 3.64. The lowest BCUT2D eigenvalue weighted by Crippen LogP contribution is -2.10. The first kappa shape index (κ1) is 13.9. The molecule has 1 unspecified atom stereocenters. The van der Waals surface area contributed by atoms with Gasteiger partial charge in [0, 0.05) is 24.9 Å². The molecule has 0 aliphatic heterocycles. The van der Waals surface area contributed by atoms with E-state index in [1.165, 1.54) is 29.8 Å². The molecule has 0 aromatic carbocycles. The molecule has 0 bridgehead atoms. The predicted octanol–water partition coefficient (Wildman–Crippen LogP) is 3.68. The van der Waals surface area contributed by atoms with Gasteiger partial charge in [-0.2, -0.15) is 10.2 Å². The molecule has 2 heterocycles. The van der Waals surface area contributed by atoms with E-state index >= 15 is 0 Å². The molecule has 1 aliphatic rings. The first-order chi connectivity index (χ1) is 9.47. The van der Waals surface area contributed by atoms with Crippen LogP contribution in [0.5, 0.6) is 0 Å². The molecule has 4 nitrogen and oxygen atoms in total. The van der Waals surface area contributed by atoms with E-state index in [2.05, 4.69) is 52.7 Å². The van der Waals surface area contributed by atoms with Crippen LogP contribution in [0.1, 0.15) is 54.4 Å². The zero-order chi connectivity index (χ0) is 14.4. The third-order valence-electron chi connectivity index (χ3n) is 4.29. The highest BCUT2D eigenvalue weighted by Crippen LogP contribution is 2.42. The Morgan fingerprint density at radius 1 is 1.35 bits per heavy atom. The third kappa shape index (κ3) is 2.43. The molecule has 2 aromatic heterocycles. The molecule has 20 heavy (non-hydrogen) atoms. The van der Waals surface area contributed by atoms with Gasteiger partial charge in [-0.25, -0.2) is 0 Å². The molecule has 1 aliphatic carbocycles. The molecule has 0 spiro atoms. The second-order valence-electron chi connectivity index (χ2n) is 5.94. The highest BCUT2D eigenvalue weighted by molar-refractivity contribution is 9.10.